The van der Waals surface area contributed by atoms with Crippen molar-refractivity contribution in [2.45, 2.75) is 0 Å². The van der Waals surface area contributed by atoms with E-state index >= 15 is 0 Å². The highest BCUT2D eigenvalue weighted by molar-refractivity contribution is 6.16. The van der Waals surface area contributed by atoms with E-state index in [0.717, 1.165) is 10.9 Å². The maximum atomic E-state index is 13.4. The standard InChI is InChI=1S/C16H12FNO2/c1-20-15-8-10(6-7-13(15)17)16(19)12-9-18-14-5-3-2-4-11(12)14/h2-9,18H,1H3. The molecule has 0 fully saturated rings. The monoisotopic (exact) mass is 269 g/mol. The topological polar surface area (TPSA) is 42.1 Å². The van der Waals surface area contributed by atoms with Crippen molar-refractivity contribution in [3.8, 4) is 5.75 Å². The molecule has 100 valence electrons. The first kappa shape index (κ1) is 12.4. The smallest absolute Gasteiger partial charge is 0.195 e. The Bertz CT molecular complexity index is 792. The van der Waals surface area contributed by atoms with E-state index in [0.29, 0.717) is 11.1 Å². The van der Waals surface area contributed by atoms with Crippen molar-refractivity contribution in [2.75, 3.05) is 7.11 Å². The SMILES string of the molecule is COc1cc(C(=O)c2c[nH]c3ccccc23)ccc1F. The second-order valence-corrected chi connectivity index (χ2v) is 4.43. The van der Waals surface area contributed by atoms with Gasteiger partial charge < -0.3 is 9.72 Å². The molecule has 3 rings (SSSR count). The van der Waals surface area contributed by atoms with Crippen molar-refractivity contribution >= 4 is 16.7 Å². The normalized spacial score (nSPS) is 10.7. The van der Waals surface area contributed by atoms with Gasteiger partial charge in [0.2, 0.25) is 0 Å². The Morgan fingerprint density at radius 3 is 2.80 bits per heavy atom. The number of rotatable bonds is 3. The molecular formula is C16H12FNO2. The first-order valence-corrected chi connectivity index (χ1v) is 6.15. The number of ether oxygens (including phenoxy) is 1. The molecule has 1 aromatic heterocycles. The van der Waals surface area contributed by atoms with Crippen LogP contribution in [0.5, 0.6) is 5.75 Å². The van der Waals surface area contributed by atoms with E-state index in [1.54, 1.807) is 6.20 Å². The highest BCUT2D eigenvalue weighted by atomic mass is 19.1. The predicted molar refractivity (Wildman–Crippen MR) is 74.7 cm³/mol. The second-order valence-electron chi connectivity index (χ2n) is 4.43. The molecule has 0 spiro atoms. The number of para-hydroxylation sites is 1. The van der Waals surface area contributed by atoms with Crippen LogP contribution in [-0.4, -0.2) is 17.9 Å². The number of aromatic amines is 1. The summed E-state index contributed by atoms with van der Waals surface area (Å²) in [6.45, 7) is 0. The average Bonchev–Trinajstić information content (AvgIpc) is 2.91. The Morgan fingerprint density at radius 2 is 2.00 bits per heavy atom. The van der Waals surface area contributed by atoms with Gasteiger partial charge in [-0.25, -0.2) is 4.39 Å². The van der Waals surface area contributed by atoms with E-state index in [1.165, 1.54) is 25.3 Å². The fourth-order valence-electron chi connectivity index (χ4n) is 2.22. The third-order valence-electron chi connectivity index (χ3n) is 3.25. The number of ketones is 1. The van der Waals surface area contributed by atoms with E-state index < -0.39 is 5.82 Å². The number of H-pyrrole nitrogens is 1. The van der Waals surface area contributed by atoms with Crippen LogP contribution in [0.15, 0.2) is 48.7 Å². The Balaban J connectivity index is 2.08. The third kappa shape index (κ3) is 1.95. The van der Waals surface area contributed by atoms with Crippen LogP contribution in [0.2, 0.25) is 0 Å². The molecule has 1 N–H and O–H groups in total. The Hall–Kier alpha value is -2.62. The molecule has 0 amide bonds. The number of benzene rings is 2. The van der Waals surface area contributed by atoms with Gasteiger partial charge in [0.25, 0.3) is 0 Å². The lowest BCUT2D eigenvalue weighted by atomic mass is 10.0. The molecule has 0 atom stereocenters. The minimum atomic E-state index is -0.483. The van der Waals surface area contributed by atoms with Gasteiger partial charge in [0.15, 0.2) is 17.3 Å². The maximum absolute atomic E-state index is 13.4. The molecule has 0 unspecified atom stereocenters. The predicted octanol–water partition coefficient (Wildman–Crippen LogP) is 3.55. The van der Waals surface area contributed by atoms with Gasteiger partial charge in [0.1, 0.15) is 0 Å². The number of aromatic nitrogens is 1. The van der Waals surface area contributed by atoms with Crippen molar-refractivity contribution in [1.29, 1.82) is 0 Å². The van der Waals surface area contributed by atoms with Crippen molar-refractivity contribution in [3.63, 3.8) is 0 Å². The van der Waals surface area contributed by atoms with Crippen LogP contribution in [0.25, 0.3) is 10.9 Å². The summed E-state index contributed by atoms with van der Waals surface area (Å²) in [5.41, 5.74) is 1.85. The number of nitrogens with one attached hydrogen (secondary N) is 1. The second kappa shape index (κ2) is 4.81. The zero-order valence-corrected chi connectivity index (χ0v) is 10.8. The number of carbonyl (C=O) groups is 1. The van der Waals surface area contributed by atoms with Crippen LogP contribution in [0, 0.1) is 5.82 Å². The van der Waals surface area contributed by atoms with Crippen LogP contribution in [0.3, 0.4) is 0 Å². The molecule has 0 radical (unpaired) electrons. The summed E-state index contributed by atoms with van der Waals surface area (Å²) in [5.74, 6) is -0.584. The number of fused-ring (bicyclic) bond motifs is 1. The van der Waals surface area contributed by atoms with Gasteiger partial charge in [0, 0.05) is 28.2 Å². The van der Waals surface area contributed by atoms with Gasteiger partial charge in [-0.3, -0.25) is 4.79 Å². The largest absolute Gasteiger partial charge is 0.494 e. The maximum Gasteiger partial charge on any atom is 0.195 e. The summed E-state index contributed by atoms with van der Waals surface area (Å²) < 4.78 is 18.3. The van der Waals surface area contributed by atoms with Crippen molar-refractivity contribution in [2.24, 2.45) is 0 Å². The summed E-state index contributed by atoms with van der Waals surface area (Å²) in [4.78, 5) is 15.6. The fourth-order valence-corrected chi connectivity index (χ4v) is 2.22. The number of halogens is 1. The van der Waals surface area contributed by atoms with Gasteiger partial charge in [-0.1, -0.05) is 18.2 Å². The molecule has 3 nitrogen and oxygen atoms in total. The lowest BCUT2D eigenvalue weighted by molar-refractivity contribution is 0.104. The minimum absolute atomic E-state index is 0.0655. The molecule has 3 aromatic rings. The number of hydrogen-bond acceptors (Lipinski definition) is 2. The Kier molecular flexibility index (Phi) is 2.99. The molecule has 4 heteroatoms. The number of carbonyl (C=O) groups excluding carboxylic acids is 1. The van der Waals surface area contributed by atoms with Crippen molar-refractivity contribution in [1.82, 2.24) is 4.98 Å². The zero-order chi connectivity index (χ0) is 14.1. The Morgan fingerprint density at radius 1 is 1.20 bits per heavy atom. The number of hydrogen-bond donors (Lipinski definition) is 1. The molecule has 0 aliphatic rings. The highest BCUT2D eigenvalue weighted by Crippen LogP contribution is 2.24. The van der Waals surface area contributed by atoms with E-state index in [-0.39, 0.29) is 11.5 Å². The molecular weight excluding hydrogens is 257 g/mol. The highest BCUT2D eigenvalue weighted by Gasteiger charge is 2.15. The first-order chi connectivity index (χ1) is 9.70. The van der Waals surface area contributed by atoms with Gasteiger partial charge in [0.05, 0.1) is 7.11 Å². The Labute approximate surface area is 115 Å². The minimum Gasteiger partial charge on any atom is -0.494 e. The van der Waals surface area contributed by atoms with Crippen LogP contribution >= 0.6 is 0 Å². The summed E-state index contributed by atoms with van der Waals surface area (Å²) in [7, 11) is 1.37. The van der Waals surface area contributed by atoms with Crippen molar-refractivity contribution in [3.05, 3.63) is 65.6 Å². The van der Waals surface area contributed by atoms with Crippen LogP contribution in [0.1, 0.15) is 15.9 Å². The zero-order valence-electron chi connectivity index (χ0n) is 10.8. The molecule has 20 heavy (non-hydrogen) atoms. The van der Waals surface area contributed by atoms with Gasteiger partial charge >= 0.3 is 0 Å². The summed E-state index contributed by atoms with van der Waals surface area (Å²) in [5, 5.41) is 0.848. The number of methoxy groups -OCH3 is 1. The summed E-state index contributed by atoms with van der Waals surface area (Å²) in [6.07, 6.45) is 1.67. The fraction of sp³-hybridized carbons (Fsp3) is 0.0625. The van der Waals surface area contributed by atoms with Crippen LogP contribution in [0.4, 0.5) is 4.39 Å². The van der Waals surface area contributed by atoms with E-state index in [4.69, 9.17) is 4.74 Å². The quantitative estimate of drug-likeness (QED) is 0.739. The van der Waals surface area contributed by atoms with E-state index in [2.05, 4.69) is 4.98 Å². The molecule has 0 aliphatic heterocycles. The van der Waals surface area contributed by atoms with E-state index in [9.17, 15) is 9.18 Å². The molecule has 1 heterocycles. The first-order valence-electron chi connectivity index (χ1n) is 6.15. The van der Waals surface area contributed by atoms with Gasteiger partial charge in [-0.15, -0.1) is 0 Å². The average molecular weight is 269 g/mol. The van der Waals surface area contributed by atoms with Gasteiger partial charge in [-0.05, 0) is 24.3 Å². The molecule has 0 saturated carbocycles. The molecule has 0 aliphatic carbocycles. The third-order valence-corrected chi connectivity index (χ3v) is 3.25. The molecule has 0 bridgehead atoms. The van der Waals surface area contributed by atoms with Crippen LogP contribution in [-0.2, 0) is 0 Å². The van der Waals surface area contributed by atoms with Crippen LogP contribution < -0.4 is 4.74 Å². The summed E-state index contributed by atoms with van der Waals surface area (Å²) in [6, 6.07) is 11.7. The van der Waals surface area contributed by atoms with E-state index in [1.807, 2.05) is 24.3 Å². The summed E-state index contributed by atoms with van der Waals surface area (Å²) >= 11 is 0. The van der Waals surface area contributed by atoms with Gasteiger partial charge in [-0.2, -0.15) is 0 Å². The lowest BCUT2D eigenvalue weighted by Gasteiger charge is -2.04. The molecule has 2 aromatic carbocycles. The molecule has 0 saturated heterocycles. The van der Waals surface area contributed by atoms with Crippen molar-refractivity contribution < 1.29 is 13.9 Å². The lowest BCUT2D eigenvalue weighted by Crippen LogP contribution is -2.01.